The van der Waals surface area contributed by atoms with Gasteiger partial charge in [-0.05, 0) is 67.5 Å². The Kier molecular flexibility index (Phi) is 5.84. The molecule has 1 aromatic carbocycles. The van der Waals surface area contributed by atoms with E-state index in [-0.39, 0.29) is 26.3 Å². The number of fused-ring (bicyclic) bond motifs is 7. The fraction of sp³-hybridized carbons (Fsp3) is 0.436. The van der Waals surface area contributed by atoms with Gasteiger partial charge in [0, 0.05) is 15.5 Å². The van der Waals surface area contributed by atoms with Gasteiger partial charge in [0.25, 0.3) is 0 Å². The Bertz CT molecular complexity index is 1570. The molecule has 3 atom stereocenters. The first-order chi connectivity index (χ1) is 18.8. The standard InChI is InChI=1S/C39H50Si2/c1-35(2,3)37(40(7,8)9)22-19-30-28(26-37)25-34-32(30)20-23-39(36(4,5)6,41(10,11)12)38(34)21-15-18-31-29-17-14-13-16-27(29)24-33(31)38/h13-26H,1-12H3. The molecule has 0 nitrogen and oxygen atoms in total. The maximum absolute atomic E-state index is 2.70. The Labute approximate surface area is 252 Å². The summed E-state index contributed by atoms with van der Waals surface area (Å²) in [4.78, 5) is 0. The third-order valence-corrected chi connectivity index (χ3v) is 18.6. The number of allylic oxidation sites excluding steroid dienone is 15. The SMILES string of the molecule is CC(C)(C)C1([Si](C)(C)C)C=CC2=C3C=CC(C(C)(C)C)([Si](C)(C)C)C4(C=CC=C5C4=Cc4ccccc45)C3=CC2=C1. The molecule has 6 rings (SSSR count). The molecule has 0 aliphatic heterocycles. The fourth-order valence-electron chi connectivity index (χ4n) is 10.1. The van der Waals surface area contributed by atoms with E-state index in [0.717, 1.165) is 0 Å². The molecule has 0 aromatic heterocycles. The molecule has 0 heterocycles. The van der Waals surface area contributed by atoms with Crippen LogP contribution in [0.3, 0.4) is 0 Å². The van der Waals surface area contributed by atoms with E-state index in [1.165, 1.54) is 44.6 Å². The van der Waals surface area contributed by atoms with E-state index in [0.29, 0.717) is 0 Å². The van der Waals surface area contributed by atoms with Gasteiger partial charge >= 0.3 is 0 Å². The van der Waals surface area contributed by atoms with Crippen molar-refractivity contribution < 1.29 is 0 Å². The second kappa shape index (κ2) is 8.35. The van der Waals surface area contributed by atoms with Gasteiger partial charge in [0.1, 0.15) is 0 Å². The van der Waals surface area contributed by atoms with E-state index in [4.69, 9.17) is 0 Å². The smallest absolute Gasteiger partial charge is 0.0604 e. The van der Waals surface area contributed by atoms with Crippen LogP contribution in [-0.2, 0) is 0 Å². The van der Waals surface area contributed by atoms with Gasteiger partial charge in [-0.1, -0.05) is 154 Å². The topological polar surface area (TPSA) is 0 Å². The summed E-state index contributed by atoms with van der Waals surface area (Å²) in [6, 6.07) is 9.02. The number of hydrogen-bond donors (Lipinski definition) is 0. The van der Waals surface area contributed by atoms with E-state index in [9.17, 15) is 0 Å². The molecule has 1 spiro atoms. The highest BCUT2D eigenvalue weighted by Crippen LogP contribution is 2.76. The second-order valence-corrected chi connectivity index (χ2v) is 27.8. The third-order valence-electron chi connectivity index (χ3n) is 11.4. The molecule has 0 radical (unpaired) electrons. The van der Waals surface area contributed by atoms with Crippen molar-refractivity contribution in [3.63, 3.8) is 0 Å². The largest absolute Gasteiger partial charge is 0.0783 e. The van der Waals surface area contributed by atoms with E-state index >= 15 is 0 Å². The van der Waals surface area contributed by atoms with Crippen molar-refractivity contribution in [1.29, 1.82) is 0 Å². The minimum atomic E-state index is -1.86. The quantitative estimate of drug-likeness (QED) is 0.308. The van der Waals surface area contributed by atoms with Crippen LogP contribution in [0.15, 0.2) is 107 Å². The van der Waals surface area contributed by atoms with Gasteiger partial charge in [0.05, 0.1) is 16.1 Å². The zero-order valence-corrected chi connectivity index (χ0v) is 29.6. The van der Waals surface area contributed by atoms with Gasteiger partial charge in [-0.25, -0.2) is 0 Å². The lowest BCUT2D eigenvalue weighted by atomic mass is 9.51. The minimum Gasteiger partial charge on any atom is -0.0783 e. The Balaban J connectivity index is 1.72. The van der Waals surface area contributed by atoms with Gasteiger partial charge < -0.3 is 0 Å². The number of hydrogen-bond acceptors (Lipinski definition) is 0. The summed E-state index contributed by atoms with van der Waals surface area (Å²) in [5, 5.41) is 0.0709. The molecule has 5 aliphatic carbocycles. The van der Waals surface area contributed by atoms with Crippen LogP contribution in [0, 0.1) is 16.2 Å². The first-order valence-corrected chi connectivity index (χ1v) is 22.6. The average Bonchev–Trinajstić information content (AvgIpc) is 3.40. The molecule has 0 saturated heterocycles. The average molecular weight is 575 g/mol. The van der Waals surface area contributed by atoms with Crippen molar-refractivity contribution >= 4 is 27.8 Å². The number of benzene rings is 1. The van der Waals surface area contributed by atoms with Gasteiger partial charge in [0.2, 0.25) is 0 Å². The van der Waals surface area contributed by atoms with E-state index in [1.807, 2.05) is 0 Å². The van der Waals surface area contributed by atoms with Gasteiger partial charge in [-0.2, -0.15) is 0 Å². The Morgan fingerprint density at radius 2 is 1.32 bits per heavy atom. The molecule has 0 bridgehead atoms. The zero-order valence-electron chi connectivity index (χ0n) is 27.6. The van der Waals surface area contributed by atoms with Crippen molar-refractivity contribution in [3.8, 4) is 0 Å². The van der Waals surface area contributed by atoms with Crippen molar-refractivity contribution in [1.82, 2.24) is 0 Å². The van der Waals surface area contributed by atoms with Crippen LogP contribution in [0.5, 0.6) is 0 Å². The molecule has 0 N–H and O–H groups in total. The van der Waals surface area contributed by atoms with Crippen LogP contribution < -0.4 is 0 Å². The number of rotatable bonds is 2. The molecular weight excluding hydrogens is 525 g/mol. The maximum Gasteiger partial charge on any atom is 0.0604 e. The molecule has 0 amide bonds. The third kappa shape index (κ3) is 3.44. The van der Waals surface area contributed by atoms with Gasteiger partial charge in [-0.3, -0.25) is 0 Å². The van der Waals surface area contributed by atoms with E-state index in [2.05, 4.69) is 166 Å². The minimum absolute atomic E-state index is 0.0234. The highest BCUT2D eigenvalue weighted by atomic mass is 28.3. The summed E-state index contributed by atoms with van der Waals surface area (Å²) in [6.07, 6.45) is 25.6. The first kappa shape index (κ1) is 28.7. The molecule has 3 unspecified atom stereocenters. The lowest BCUT2D eigenvalue weighted by molar-refractivity contribution is 0.209. The summed E-state index contributed by atoms with van der Waals surface area (Å²) < 4.78 is 0. The van der Waals surface area contributed by atoms with E-state index in [1.54, 1.807) is 0 Å². The van der Waals surface area contributed by atoms with Crippen molar-refractivity contribution in [3.05, 3.63) is 118 Å². The Hall–Kier alpha value is -2.43. The molecule has 0 fully saturated rings. The lowest BCUT2D eigenvalue weighted by Gasteiger charge is -2.64. The molecule has 214 valence electrons. The summed E-state index contributed by atoms with van der Waals surface area (Å²) >= 11 is 0. The second-order valence-electron chi connectivity index (χ2n) is 17.2. The highest BCUT2D eigenvalue weighted by molar-refractivity contribution is 6.81. The van der Waals surface area contributed by atoms with Gasteiger partial charge in [-0.15, -0.1) is 0 Å². The van der Waals surface area contributed by atoms with Crippen molar-refractivity contribution in [2.45, 2.75) is 90.9 Å². The Morgan fingerprint density at radius 1 is 0.659 bits per heavy atom. The van der Waals surface area contributed by atoms with Gasteiger partial charge in [0.15, 0.2) is 0 Å². The highest BCUT2D eigenvalue weighted by Gasteiger charge is 2.67. The maximum atomic E-state index is 2.70. The zero-order chi connectivity index (χ0) is 30.0. The van der Waals surface area contributed by atoms with E-state index < -0.39 is 16.1 Å². The predicted octanol–water partition coefficient (Wildman–Crippen LogP) is 11.6. The monoisotopic (exact) mass is 574 g/mol. The fourth-order valence-corrected chi connectivity index (χ4v) is 17.8. The van der Waals surface area contributed by atoms with Crippen molar-refractivity contribution in [2.75, 3.05) is 0 Å². The summed E-state index contributed by atoms with van der Waals surface area (Å²) in [7, 11) is -3.47. The van der Waals surface area contributed by atoms with Crippen LogP contribution in [0.25, 0.3) is 11.6 Å². The van der Waals surface area contributed by atoms with Crippen LogP contribution in [-0.4, -0.2) is 16.1 Å². The van der Waals surface area contributed by atoms with Crippen LogP contribution >= 0.6 is 0 Å². The summed E-state index contributed by atoms with van der Waals surface area (Å²) in [5.74, 6) is 0. The molecule has 41 heavy (non-hydrogen) atoms. The molecular formula is C39H50Si2. The van der Waals surface area contributed by atoms with Crippen LogP contribution in [0.1, 0.15) is 52.7 Å². The lowest BCUT2D eigenvalue weighted by Crippen LogP contribution is -2.59. The molecule has 0 saturated carbocycles. The summed E-state index contributed by atoms with van der Waals surface area (Å²) in [6.45, 7) is 30.3. The first-order valence-electron chi connectivity index (χ1n) is 15.6. The molecule has 1 aromatic rings. The Morgan fingerprint density at radius 3 is 1.93 bits per heavy atom. The normalized spacial score (nSPS) is 30.4. The van der Waals surface area contributed by atoms with Crippen LogP contribution in [0.2, 0.25) is 49.4 Å². The predicted molar refractivity (Wildman–Crippen MR) is 186 cm³/mol. The van der Waals surface area contributed by atoms with Crippen molar-refractivity contribution in [2.24, 2.45) is 16.2 Å². The molecule has 5 aliphatic rings. The molecule has 2 heteroatoms. The van der Waals surface area contributed by atoms with Crippen LogP contribution in [0.4, 0.5) is 0 Å². The summed E-state index contributed by atoms with van der Waals surface area (Å²) in [5.41, 5.74) is 11.5.